The predicted octanol–water partition coefficient (Wildman–Crippen LogP) is 3.00. The van der Waals surface area contributed by atoms with Gasteiger partial charge in [0.2, 0.25) is 0 Å². The first-order valence-corrected chi connectivity index (χ1v) is 7.53. The van der Waals surface area contributed by atoms with Gasteiger partial charge in [-0.2, -0.15) is 0 Å². The molecule has 1 aromatic carbocycles. The highest BCUT2D eigenvalue weighted by atomic mass is 16.5. The summed E-state index contributed by atoms with van der Waals surface area (Å²) in [6.07, 6.45) is 1.39. The third-order valence-electron chi connectivity index (χ3n) is 4.10. The van der Waals surface area contributed by atoms with Crippen molar-refractivity contribution in [3.05, 3.63) is 35.6 Å². The zero-order valence-electron chi connectivity index (χ0n) is 14.2. The van der Waals surface area contributed by atoms with Gasteiger partial charge in [-0.1, -0.05) is 26.0 Å². The molecule has 2 rings (SSSR count). The van der Waals surface area contributed by atoms with E-state index in [-0.39, 0.29) is 23.5 Å². The van der Waals surface area contributed by atoms with E-state index in [0.717, 1.165) is 0 Å². The van der Waals surface area contributed by atoms with Crippen LogP contribution in [-0.4, -0.2) is 37.3 Å². The van der Waals surface area contributed by atoms with Crippen LogP contribution in [0.25, 0.3) is 0 Å². The van der Waals surface area contributed by atoms with Crippen LogP contribution in [0, 0.1) is 11.3 Å². The number of rotatable bonds is 4. The van der Waals surface area contributed by atoms with Crippen molar-refractivity contribution in [2.24, 2.45) is 16.3 Å². The summed E-state index contributed by atoms with van der Waals surface area (Å²) in [5, 5.41) is 10.5. The number of methoxy groups -OCH3 is 2. The van der Waals surface area contributed by atoms with Crippen LogP contribution in [0.5, 0.6) is 5.75 Å². The maximum Gasteiger partial charge on any atom is 0.316 e. The van der Waals surface area contributed by atoms with E-state index in [4.69, 9.17) is 9.47 Å². The van der Waals surface area contributed by atoms with Crippen molar-refractivity contribution in [1.29, 1.82) is 0 Å². The Balaban J connectivity index is 2.45. The normalized spacial score (nSPS) is 20.3. The Kier molecular flexibility index (Phi) is 5.07. The maximum absolute atomic E-state index is 12.4. The van der Waals surface area contributed by atoms with Gasteiger partial charge in [0, 0.05) is 12.6 Å². The zero-order valence-corrected chi connectivity index (χ0v) is 14.2. The standard InChI is InChI=1S/C18H21NO5/c1-18(2)9-13(20)11(16(21)15(18)17(22)24-4)10-19-12-7-5-6-8-14(12)23-3/h5-8,10,15,21H,9H2,1-4H3/t15-/m0/s1. The largest absolute Gasteiger partial charge is 0.511 e. The molecule has 0 amide bonds. The number of allylic oxidation sites excluding steroid dienone is 1. The van der Waals surface area contributed by atoms with Crippen LogP contribution in [0.2, 0.25) is 0 Å². The van der Waals surface area contributed by atoms with E-state index in [1.165, 1.54) is 20.4 Å². The van der Waals surface area contributed by atoms with E-state index < -0.39 is 17.3 Å². The predicted molar refractivity (Wildman–Crippen MR) is 89.7 cm³/mol. The van der Waals surface area contributed by atoms with E-state index in [2.05, 4.69) is 4.99 Å². The number of benzene rings is 1. The van der Waals surface area contributed by atoms with E-state index in [9.17, 15) is 14.7 Å². The third-order valence-corrected chi connectivity index (χ3v) is 4.10. The number of aliphatic hydroxyl groups excluding tert-OH is 1. The number of Topliss-reactive ketones (excluding diaryl/α,β-unsaturated/α-hetero) is 1. The molecule has 0 heterocycles. The number of hydrogen-bond donors (Lipinski definition) is 1. The molecule has 0 aliphatic heterocycles. The Morgan fingerprint density at radius 3 is 2.62 bits per heavy atom. The Hall–Kier alpha value is -2.63. The molecular weight excluding hydrogens is 310 g/mol. The Morgan fingerprint density at radius 1 is 1.33 bits per heavy atom. The average Bonchev–Trinajstić information content (AvgIpc) is 2.53. The molecular formula is C18H21NO5. The Labute approximate surface area is 140 Å². The van der Waals surface area contributed by atoms with Gasteiger partial charge in [0.05, 0.1) is 19.8 Å². The smallest absolute Gasteiger partial charge is 0.316 e. The SMILES string of the molecule is COC(=O)[C@@H]1C(O)=C(C=Nc2ccccc2OC)C(=O)CC1(C)C. The van der Waals surface area contributed by atoms with Gasteiger partial charge >= 0.3 is 5.97 Å². The van der Waals surface area contributed by atoms with Gasteiger partial charge in [0.1, 0.15) is 23.1 Å². The molecule has 1 atom stereocenters. The summed E-state index contributed by atoms with van der Waals surface area (Å²) >= 11 is 0. The second-order valence-electron chi connectivity index (χ2n) is 6.27. The number of ketones is 1. The number of carbonyl (C=O) groups is 2. The van der Waals surface area contributed by atoms with Crippen molar-refractivity contribution >= 4 is 23.7 Å². The molecule has 0 bridgehead atoms. The quantitative estimate of drug-likeness (QED) is 0.677. The molecule has 0 aromatic heterocycles. The van der Waals surface area contributed by atoms with Crippen molar-refractivity contribution < 1.29 is 24.2 Å². The second kappa shape index (κ2) is 6.86. The van der Waals surface area contributed by atoms with Crippen LogP contribution >= 0.6 is 0 Å². The van der Waals surface area contributed by atoms with Gasteiger partial charge in [0.15, 0.2) is 5.78 Å². The molecule has 6 nitrogen and oxygen atoms in total. The van der Waals surface area contributed by atoms with Crippen LogP contribution in [0.1, 0.15) is 20.3 Å². The molecule has 6 heteroatoms. The first-order chi connectivity index (χ1) is 11.3. The van der Waals surface area contributed by atoms with Gasteiger partial charge in [-0.15, -0.1) is 0 Å². The van der Waals surface area contributed by atoms with Gasteiger partial charge in [0.25, 0.3) is 0 Å². The van der Waals surface area contributed by atoms with Gasteiger partial charge in [-0.25, -0.2) is 0 Å². The van der Waals surface area contributed by atoms with E-state index in [1.807, 2.05) is 0 Å². The lowest BCUT2D eigenvalue weighted by Gasteiger charge is -2.35. The number of esters is 1. The molecule has 128 valence electrons. The van der Waals surface area contributed by atoms with E-state index in [0.29, 0.717) is 11.4 Å². The summed E-state index contributed by atoms with van der Waals surface area (Å²) < 4.78 is 9.97. The molecule has 0 saturated carbocycles. The fraction of sp³-hybridized carbons (Fsp3) is 0.389. The summed E-state index contributed by atoms with van der Waals surface area (Å²) in [5.74, 6) is -1.51. The molecule has 1 aromatic rings. The van der Waals surface area contributed by atoms with Crippen molar-refractivity contribution in [2.75, 3.05) is 14.2 Å². The fourth-order valence-electron chi connectivity index (χ4n) is 2.84. The fourth-order valence-corrected chi connectivity index (χ4v) is 2.84. The van der Waals surface area contributed by atoms with Gasteiger partial charge in [-0.3, -0.25) is 14.6 Å². The number of aliphatic imine (C=N–C) groups is 1. The molecule has 0 radical (unpaired) electrons. The van der Waals surface area contributed by atoms with Crippen molar-refractivity contribution in [1.82, 2.24) is 0 Å². The summed E-state index contributed by atoms with van der Waals surface area (Å²) in [6, 6.07) is 7.05. The highest BCUT2D eigenvalue weighted by Gasteiger charge is 2.46. The number of carbonyl (C=O) groups excluding carboxylic acids is 2. The van der Waals surface area contributed by atoms with Crippen LogP contribution in [-0.2, 0) is 14.3 Å². The number of ether oxygens (including phenoxy) is 2. The van der Waals surface area contributed by atoms with Gasteiger partial charge in [-0.05, 0) is 17.5 Å². The average molecular weight is 331 g/mol. The molecule has 24 heavy (non-hydrogen) atoms. The summed E-state index contributed by atoms with van der Waals surface area (Å²) in [4.78, 5) is 28.6. The second-order valence-corrected chi connectivity index (χ2v) is 6.27. The highest BCUT2D eigenvalue weighted by molar-refractivity contribution is 6.15. The lowest BCUT2D eigenvalue weighted by Crippen LogP contribution is -2.40. The molecule has 0 spiro atoms. The van der Waals surface area contributed by atoms with Crippen molar-refractivity contribution in [3.8, 4) is 5.75 Å². The summed E-state index contributed by atoms with van der Waals surface area (Å²) in [7, 11) is 2.78. The number of nitrogens with zero attached hydrogens (tertiary/aromatic N) is 1. The molecule has 1 aliphatic rings. The van der Waals surface area contributed by atoms with Crippen molar-refractivity contribution in [2.45, 2.75) is 20.3 Å². The van der Waals surface area contributed by atoms with E-state index >= 15 is 0 Å². The molecule has 0 fully saturated rings. The van der Waals surface area contributed by atoms with E-state index in [1.54, 1.807) is 38.1 Å². The monoisotopic (exact) mass is 331 g/mol. The first kappa shape index (κ1) is 17.7. The van der Waals surface area contributed by atoms with Gasteiger partial charge < -0.3 is 14.6 Å². The number of para-hydroxylation sites is 2. The Morgan fingerprint density at radius 2 is 2.00 bits per heavy atom. The zero-order chi connectivity index (χ0) is 17.9. The first-order valence-electron chi connectivity index (χ1n) is 7.53. The van der Waals surface area contributed by atoms with Crippen LogP contribution < -0.4 is 4.74 Å². The Bertz CT molecular complexity index is 718. The molecule has 1 N–H and O–H groups in total. The number of aliphatic hydroxyl groups is 1. The van der Waals surface area contributed by atoms with Crippen molar-refractivity contribution in [3.63, 3.8) is 0 Å². The number of hydrogen-bond acceptors (Lipinski definition) is 6. The van der Waals surface area contributed by atoms with Crippen LogP contribution in [0.4, 0.5) is 5.69 Å². The minimum absolute atomic E-state index is 0.0237. The third kappa shape index (κ3) is 3.32. The minimum Gasteiger partial charge on any atom is -0.511 e. The molecule has 0 saturated heterocycles. The highest BCUT2D eigenvalue weighted by Crippen LogP contribution is 2.41. The lowest BCUT2D eigenvalue weighted by molar-refractivity contribution is -0.150. The lowest BCUT2D eigenvalue weighted by atomic mass is 9.68. The molecule has 1 aliphatic carbocycles. The maximum atomic E-state index is 12.4. The topological polar surface area (TPSA) is 85.2 Å². The van der Waals surface area contributed by atoms with Crippen LogP contribution in [0.3, 0.4) is 0 Å². The van der Waals surface area contributed by atoms with Crippen LogP contribution in [0.15, 0.2) is 40.6 Å². The summed E-state index contributed by atoms with van der Waals surface area (Å²) in [5.41, 5.74) is -0.182. The summed E-state index contributed by atoms with van der Waals surface area (Å²) in [6.45, 7) is 3.49. The molecule has 0 unspecified atom stereocenters. The minimum atomic E-state index is -0.903.